The molecule has 3 fully saturated rings. The van der Waals surface area contributed by atoms with Crippen LogP contribution in [0.15, 0.2) is 24.3 Å². The number of carbonyl (C=O) groups excluding carboxylic acids is 1. The van der Waals surface area contributed by atoms with Crippen molar-refractivity contribution in [1.29, 1.82) is 0 Å². The number of piperidine rings is 1. The number of nitrogens with zero attached hydrogens (tertiary/aromatic N) is 2. The molecule has 4 rings (SSSR count). The Morgan fingerprint density at radius 2 is 1.92 bits per heavy atom. The summed E-state index contributed by atoms with van der Waals surface area (Å²) in [6, 6.07) is 8.56. The third kappa shape index (κ3) is 3.37. The van der Waals surface area contributed by atoms with Crippen LogP contribution in [0.1, 0.15) is 49.1 Å². The van der Waals surface area contributed by atoms with Crippen LogP contribution in [-0.4, -0.2) is 48.4 Å². The number of benzene rings is 1. The van der Waals surface area contributed by atoms with Crippen molar-refractivity contribution in [1.82, 2.24) is 9.80 Å². The van der Waals surface area contributed by atoms with Crippen molar-refractivity contribution in [3.05, 3.63) is 35.4 Å². The van der Waals surface area contributed by atoms with Gasteiger partial charge in [0.15, 0.2) is 0 Å². The normalized spacial score (nSPS) is 30.5. The SMILES string of the molecule is Cc1ccccc1[C@@H]1C[C@H]1C(=O)N1CC[C@H](CN2CCCCC2)C1. The monoisotopic (exact) mass is 326 g/mol. The van der Waals surface area contributed by atoms with E-state index in [0.29, 0.717) is 17.7 Å². The van der Waals surface area contributed by atoms with Gasteiger partial charge in [-0.25, -0.2) is 0 Å². The number of aryl methyl sites for hydroxylation is 1. The largest absolute Gasteiger partial charge is 0.342 e. The molecule has 0 spiro atoms. The summed E-state index contributed by atoms with van der Waals surface area (Å²) in [6.45, 7) is 7.88. The standard InChI is InChI=1S/C21H30N2O/c1-16-7-3-4-8-18(16)19-13-20(19)21(24)23-12-9-17(15-23)14-22-10-5-2-6-11-22/h3-4,7-8,17,19-20H,2,5-6,9-15H2,1H3/t17-,19+,20-/m1/s1. The zero-order valence-corrected chi connectivity index (χ0v) is 14.9. The van der Waals surface area contributed by atoms with Gasteiger partial charge >= 0.3 is 0 Å². The molecule has 2 aliphatic heterocycles. The minimum atomic E-state index is 0.250. The number of likely N-dealkylation sites (tertiary alicyclic amines) is 2. The molecular weight excluding hydrogens is 296 g/mol. The summed E-state index contributed by atoms with van der Waals surface area (Å²) < 4.78 is 0. The summed E-state index contributed by atoms with van der Waals surface area (Å²) in [5.74, 6) is 1.84. The van der Waals surface area contributed by atoms with Crippen LogP contribution in [0.25, 0.3) is 0 Å². The molecule has 1 aromatic rings. The van der Waals surface area contributed by atoms with Crippen LogP contribution >= 0.6 is 0 Å². The predicted octanol–water partition coefficient (Wildman–Crippen LogP) is 3.43. The van der Waals surface area contributed by atoms with Gasteiger partial charge in [0.1, 0.15) is 0 Å². The molecule has 1 aromatic carbocycles. The van der Waals surface area contributed by atoms with Crippen molar-refractivity contribution in [2.75, 3.05) is 32.7 Å². The molecule has 2 saturated heterocycles. The van der Waals surface area contributed by atoms with Gasteiger partial charge in [0, 0.05) is 25.6 Å². The Bertz CT molecular complexity index is 593. The van der Waals surface area contributed by atoms with Crippen LogP contribution < -0.4 is 0 Å². The summed E-state index contributed by atoms with van der Waals surface area (Å²) in [6.07, 6.45) is 6.36. The first kappa shape index (κ1) is 16.1. The predicted molar refractivity (Wildman–Crippen MR) is 97.0 cm³/mol. The first-order valence-corrected chi connectivity index (χ1v) is 9.79. The van der Waals surface area contributed by atoms with Gasteiger partial charge in [-0.2, -0.15) is 0 Å². The minimum Gasteiger partial charge on any atom is -0.342 e. The Kier molecular flexibility index (Phi) is 4.62. The van der Waals surface area contributed by atoms with Crippen LogP contribution in [0.2, 0.25) is 0 Å². The van der Waals surface area contributed by atoms with E-state index < -0.39 is 0 Å². The third-order valence-electron chi connectivity index (χ3n) is 6.26. The number of carbonyl (C=O) groups is 1. The third-order valence-corrected chi connectivity index (χ3v) is 6.26. The molecule has 1 aliphatic carbocycles. The minimum absolute atomic E-state index is 0.250. The Hall–Kier alpha value is -1.35. The maximum Gasteiger partial charge on any atom is 0.226 e. The molecule has 3 aliphatic rings. The highest BCUT2D eigenvalue weighted by atomic mass is 16.2. The quantitative estimate of drug-likeness (QED) is 0.846. The molecular formula is C21H30N2O. The van der Waals surface area contributed by atoms with Crippen LogP contribution in [0, 0.1) is 18.8 Å². The Morgan fingerprint density at radius 3 is 2.71 bits per heavy atom. The second-order valence-corrected chi connectivity index (χ2v) is 8.11. The van der Waals surface area contributed by atoms with Gasteiger partial charge in [-0.15, -0.1) is 0 Å². The highest BCUT2D eigenvalue weighted by Gasteiger charge is 2.47. The lowest BCUT2D eigenvalue weighted by molar-refractivity contribution is -0.131. The van der Waals surface area contributed by atoms with Crippen LogP contribution in [-0.2, 0) is 4.79 Å². The van der Waals surface area contributed by atoms with Crippen molar-refractivity contribution in [3.8, 4) is 0 Å². The van der Waals surface area contributed by atoms with E-state index in [1.807, 2.05) is 0 Å². The summed E-state index contributed by atoms with van der Waals surface area (Å²) in [4.78, 5) is 17.6. The fourth-order valence-electron chi connectivity index (χ4n) is 4.74. The number of hydrogen-bond donors (Lipinski definition) is 0. The van der Waals surface area contributed by atoms with Gasteiger partial charge in [-0.05, 0) is 68.7 Å². The van der Waals surface area contributed by atoms with E-state index in [1.165, 1.54) is 56.4 Å². The molecule has 2 heterocycles. The fraction of sp³-hybridized carbons (Fsp3) is 0.667. The summed E-state index contributed by atoms with van der Waals surface area (Å²) in [5, 5.41) is 0. The van der Waals surface area contributed by atoms with Gasteiger partial charge < -0.3 is 9.80 Å². The molecule has 0 aromatic heterocycles. The van der Waals surface area contributed by atoms with Gasteiger partial charge in [0.05, 0.1) is 0 Å². The molecule has 130 valence electrons. The average Bonchev–Trinajstić information content (AvgIpc) is 3.26. The lowest BCUT2D eigenvalue weighted by Crippen LogP contribution is -2.36. The second kappa shape index (κ2) is 6.87. The van der Waals surface area contributed by atoms with Gasteiger partial charge in [-0.3, -0.25) is 4.79 Å². The van der Waals surface area contributed by atoms with E-state index >= 15 is 0 Å². The zero-order chi connectivity index (χ0) is 16.5. The maximum absolute atomic E-state index is 12.9. The molecule has 0 bridgehead atoms. The highest BCUT2D eigenvalue weighted by molar-refractivity contribution is 5.83. The van der Waals surface area contributed by atoms with Crippen molar-refractivity contribution >= 4 is 5.91 Å². The second-order valence-electron chi connectivity index (χ2n) is 8.11. The fourth-order valence-corrected chi connectivity index (χ4v) is 4.74. The summed E-state index contributed by atoms with van der Waals surface area (Å²) in [5.41, 5.74) is 2.72. The molecule has 24 heavy (non-hydrogen) atoms. The molecule has 1 amide bonds. The van der Waals surface area contributed by atoms with E-state index in [-0.39, 0.29) is 5.92 Å². The van der Waals surface area contributed by atoms with Gasteiger partial charge in [-0.1, -0.05) is 30.7 Å². The highest BCUT2D eigenvalue weighted by Crippen LogP contribution is 2.49. The molecule has 1 saturated carbocycles. The molecule has 3 nitrogen and oxygen atoms in total. The van der Waals surface area contributed by atoms with E-state index in [9.17, 15) is 4.79 Å². The van der Waals surface area contributed by atoms with E-state index in [0.717, 1.165) is 19.5 Å². The number of hydrogen-bond acceptors (Lipinski definition) is 2. The Labute approximate surface area is 146 Å². The van der Waals surface area contributed by atoms with Gasteiger partial charge in [0.25, 0.3) is 0 Å². The van der Waals surface area contributed by atoms with Crippen LogP contribution in [0.3, 0.4) is 0 Å². The first-order valence-electron chi connectivity index (χ1n) is 9.79. The van der Waals surface area contributed by atoms with E-state index in [2.05, 4.69) is 41.0 Å². The van der Waals surface area contributed by atoms with E-state index in [4.69, 9.17) is 0 Å². The van der Waals surface area contributed by atoms with Crippen molar-refractivity contribution in [2.24, 2.45) is 11.8 Å². The summed E-state index contributed by atoms with van der Waals surface area (Å²) >= 11 is 0. The lowest BCUT2D eigenvalue weighted by Gasteiger charge is -2.29. The molecule has 0 unspecified atom stereocenters. The molecule has 0 radical (unpaired) electrons. The van der Waals surface area contributed by atoms with Gasteiger partial charge in [0.2, 0.25) is 5.91 Å². The molecule has 3 atom stereocenters. The Balaban J connectivity index is 1.30. The zero-order valence-electron chi connectivity index (χ0n) is 14.9. The Morgan fingerprint density at radius 1 is 1.12 bits per heavy atom. The number of rotatable bonds is 4. The van der Waals surface area contributed by atoms with Crippen molar-refractivity contribution < 1.29 is 4.79 Å². The lowest BCUT2D eigenvalue weighted by atomic mass is 10.0. The van der Waals surface area contributed by atoms with Crippen molar-refractivity contribution in [3.63, 3.8) is 0 Å². The average molecular weight is 326 g/mol. The summed E-state index contributed by atoms with van der Waals surface area (Å²) in [7, 11) is 0. The maximum atomic E-state index is 12.9. The van der Waals surface area contributed by atoms with E-state index in [1.54, 1.807) is 0 Å². The first-order chi connectivity index (χ1) is 11.7. The van der Waals surface area contributed by atoms with Crippen LogP contribution in [0.4, 0.5) is 0 Å². The molecule has 3 heteroatoms. The van der Waals surface area contributed by atoms with Crippen molar-refractivity contribution in [2.45, 2.75) is 44.9 Å². The topological polar surface area (TPSA) is 23.6 Å². The smallest absolute Gasteiger partial charge is 0.226 e. The van der Waals surface area contributed by atoms with Crippen LogP contribution in [0.5, 0.6) is 0 Å². The number of amides is 1. The molecule has 0 N–H and O–H groups in total.